The summed E-state index contributed by atoms with van der Waals surface area (Å²) in [5.74, 6) is -2.49. The van der Waals surface area contributed by atoms with Crippen LogP contribution in [0.3, 0.4) is 0 Å². The van der Waals surface area contributed by atoms with E-state index in [0.717, 1.165) is 24.8 Å². The number of aromatic nitrogens is 3. The van der Waals surface area contributed by atoms with Crippen LogP contribution in [-0.2, 0) is 4.74 Å². The second kappa shape index (κ2) is 17.6. The highest BCUT2D eigenvalue weighted by Gasteiger charge is 2.24. The van der Waals surface area contributed by atoms with Gasteiger partial charge >= 0.3 is 0 Å². The van der Waals surface area contributed by atoms with Gasteiger partial charge in [0.05, 0.1) is 25.9 Å². The summed E-state index contributed by atoms with van der Waals surface area (Å²) in [6.07, 6.45) is 2.43. The first-order valence-corrected chi connectivity index (χ1v) is 14.2. The van der Waals surface area contributed by atoms with Crippen molar-refractivity contribution in [2.24, 2.45) is 0 Å². The average molecular weight is 603 g/mol. The maximum absolute atomic E-state index is 15.1. The van der Waals surface area contributed by atoms with Crippen LogP contribution in [0, 0.1) is 18.6 Å². The second-order valence-electron chi connectivity index (χ2n) is 8.98. The minimum absolute atomic E-state index is 0.0362. The third-order valence-corrected chi connectivity index (χ3v) is 5.86. The van der Waals surface area contributed by atoms with E-state index in [1.54, 1.807) is 6.92 Å². The van der Waals surface area contributed by atoms with Gasteiger partial charge in [-0.25, -0.2) is 18.7 Å². The van der Waals surface area contributed by atoms with Gasteiger partial charge in [0.2, 0.25) is 5.88 Å². The van der Waals surface area contributed by atoms with E-state index in [2.05, 4.69) is 44.3 Å². The molecule has 4 aromatic rings. The fourth-order valence-electron chi connectivity index (χ4n) is 4.12. The molecular weight excluding hydrogens is 561 g/mol. The molecule has 0 aliphatic carbocycles. The van der Waals surface area contributed by atoms with Crippen LogP contribution < -0.4 is 20.3 Å². The summed E-state index contributed by atoms with van der Waals surface area (Å²) >= 11 is 0. The molecule has 234 valence electrons. The van der Waals surface area contributed by atoms with E-state index in [1.165, 1.54) is 25.9 Å². The molecule has 1 amide bonds. The number of morpholine rings is 1. The lowest BCUT2D eigenvalue weighted by molar-refractivity contribution is 0.0960. The summed E-state index contributed by atoms with van der Waals surface area (Å²) in [6.45, 7) is 12.8. The van der Waals surface area contributed by atoms with Crippen molar-refractivity contribution in [3.05, 3.63) is 65.6 Å². The lowest BCUT2D eigenvalue weighted by Gasteiger charge is -2.29. The largest absolute Gasteiger partial charge is 0.435 e. The number of carbonyl (C=O) groups excluding carboxylic acids is 1. The molecule has 0 bridgehead atoms. The van der Waals surface area contributed by atoms with Gasteiger partial charge in [-0.3, -0.25) is 9.18 Å². The fourth-order valence-corrected chi connectivity index (χ4v) is 4.12. The van der Waals surface area contributed by atoms with Crippen molar-refractivity contribution in [1.29, 1.82) is 0 Å². The predicted molar refractivity (Wildman–Crippen MR) is 166 cm³/mol. The topological polar surface area (TPSA) is 104 Å². The maximum atomic E-state index is 15.1. The quantitative estimate of drug-likeness (QED) is 0.213. The molecule has 12 heteroatoms. The van der Waals surface area contributed by atoms with Crippen LogP contribution in [0.1, 0.15) is 50.2 Å². The Balaban J connectivity index is 0.000000853. The van der Waals surface area contributed by atoms with Gasteiger partial charge in [-0.15, -0.1) is 0 Å². The van der Waals surface area contributed by atoms with Gasteiger partial charge in [0, 0.05) is 48.7 Å². The predicted octanol–water partition coefficient (Wildman–Crippen LogP) is 7.30. The zero-order chi connectivity index (χ0) is 31.9. The van der Waals surface area contributed by atoms with E-state index in [0.29, 0.717) is 31.8 Å². The van der Waals surface area contributed by atoms with Crippen molar-refractivity contribution in [1.82, 2.24) is 20.3 Å². The molecule has 0 spiro atoms. The molecule has 1 saturated heterocycles. The summed E-state index contributed by atoms with van der Waals surface area (Å²) in [7, 11) is 1.94. The standard InChI is InChI=1S/C25H24F2N6O3.C3H8.C2H6.CH3F/c1-14-10-17-21(27)19(12-18(26)22(17)31-14)36-25-20(24(34)28-2)23(29-13-30-25)32-15-4-3-5-16(11-15)33-6-8-35-9-7-33;1-3-2;2*1-2/h3-5,10-13,31H,6-9H2,1-2H3,(H,28,34)(H,29,30,32);3H2,1-2H3;1-2H3;1H3. The summed E-state index contributed by atoms with van der Waals surface area (Å²) < 4.78 is 50.3. The van der Waals surface area contributed by atoms with E-state index < -0.39 is 23.3 Å². The molecule has 2 aromatic carbocycles. The molecule has 5 rings (SSSR count). The van der Waals surface area contributed by atoms with Crippen LogP contribution in [0.4, 0.5) is 30.4 Å². The van der Waals surface area contributed by atoms with E-state index in [4.69, 9.17) is 9.47 Å². The highest BCUT2D eigenvalue weighted by atomic mass is 19.1. The Kier molecular flexibility index (Phi) is 14.3. The van der Waals surface area contributed by atoms with E-state index in [-0.39, 0.29) is 28.2 Å². The Morgan fingerprint density at radius 2 is 1.77 bits per heavy atom. The van der Waals surface area contributed by atoms with E-state index in [1.807, 2.05) is 38.1 Å². The number of rotatable bonds is 6. The number of hydrogen-bond acceptors (Lipinski definition) is 7. The fraction of sp³-hybridized carbons (Fsp3) is 0.387. The maximum Gasteiger partial charge on any atom is 0.260 e. The molecule has 0 radical (unpaired) electrons. The van der Waals surface area contributed by atoms with E-state index in [9.17, 15) is 13.6 Å². The monoisotopic (exact) mass is 602 g/mol. The smallest absolute Gasteiger partial charge is 0.260 e. The third kappa shape index (κ3) is 8.84. The van der Waals surface area contributed by atoms with Crippen LogP contribution in [0.25, 0.3) is 10.9 Å². The van der Waals surface area contributed by atoms with Gasteiger partial charge in [0.15, 0.2) is 23.2 Å². The summed E-state index contributed by atoms with van der Waals surface area (Å²) in [4.78, 5) is 26.0. The van der Waals surface area contributed by atoms with Crippen LogP contribution >= 0.6 is 0 Å². The number of ether oxygens (including phenoxy) is 2. The zero-order valence-electron chi connectivity index (χ0n) is 25.8. The SMILES string of the molecule is CC.CCC.CF.CNC(=O)c1c(Nc2cccc(N3CCOCC3)c2)ncnc1Oc1cc(F)c2[nH]c(C)cc2c1F. The molecule has 2 aromatic heterocycles. The molecule has 0 atom stereocenters. The Morgan fingerprint density at radius 3 is 2.42 bits per heavy atom. The number of H-pyrrole nitrogens is 1. The Hall–Kier alpha value is -4.32. The van der Waals surface area contributed by atoms with Crippen molar-refractivity contribution < 1.29 is 27.4 Å². The number of benzene rings is 2. The summed E-state index contributed by atoms with van der Waals surface area (Å²) in [5, 5.41) is 5.69. The van der Waals surface area contributed by atoms with Crippen LogP contribution in [0.5, 0.6) is 11.6 Å². The molecule has 3 heterocycles. The summed E-state index contributed by atoms with van der Waals surface area (Å²) in [6, 6.07) is 10.0. The van der Waals surface area contributed by atoms with Crippen molar-refractivity contribution >= 4 is 34.0 Å². The molecule has 9 nitrogen and oxygen atoms in total. The first kappa shape index (κ1) is 34.9. The van der Waals surface area contributed by atoms with Crippen LogP contribution in [0.2, 0.25) is 0 Å². The summed E-state index contributed by atoms with van der Waals surface area (Å²) in [5.41, 5.74) is 2.24. The lowest BCUT2D eigenvalue weighted by Crippen LogP contribution is -2.36. The molecule has 0 unspecified atom stereocenters. The molecule has 3 N–H and O–H groups in total. The minimum Gasteiger partial charge on any atom is -0.435 e. The van der Waals surface area contributed by atoms with Gasteiger partial charge in [0.1, 0.15) is 11.9 Å². The average Bonchev–Trinajstić information content (AvgIpc) is 3.45. The van der Waals surface area contributed by atoms with Gasteiger partial charge < -0.3 is 30.0 Å². The first-order valence-electron chi connectivity index (χ1n) is 14.2. The Morgan fingerprint density at radius 1 is 1.09 bits per heavy atom. The highest BCUT2D eigenvalue weighted by Crippen LogP contribution is 2.35. The molecule has 0 saturated carbocycles. The van der Waals surface area contributed by atoms with Gasteiger partial charge in [-0.1, -0.05) is 40.2 Å². The van der Waals surface area contributed by atoms with Crippen LogP contribution in [-0.4, -0.2) is 61.4 Å². The Bertz CT molecular complexity index is 1460. The van der Waals surface area contributed by atoms with Crippen molar-refractivity contribution in [2.75, 3.05) is 50.7 Å². The Labute approximate surface area is 250 Å². The van der Waals surface area contributed by atoms with Crippen molar-refractivity contribution in [2.45, 2.75) is 41.0 Å². The molecule has 1 fully saturated rings. The zero-order valence-corrected chi connectivity index (χ0v) is 25.8. The number of nitrogens with zero attached hydrogens (tertiary/aromatic N) is 3. The first-order chi connectivity index (χ1) is 20.9. The van der Waals surface area contributed by atoms with E-state index >= 15 is 4.39 Å². The number of halogens is 3. The normalized spacial score (nSPS) is 12.1. The number of aromatic amines is 1. The molecular formula is C31H41F3N6O3. The number of carbonyl (C=O) groups is 1. The minimum atomic E-state index is -0.773. The number of fused-ring (bicyclic) bond motifs is 1. The van der Waals surface area contributed by atoms with Crippen molar-refractivity contribution in [3.8, 4) is 11.6 Å². The third-order valence-electron chi connectivity index (χ3n) is 5.86. The number of amides is 1. The van der Waals surface area contributed by atoms with Gasteiger partial charge in [-0.05, 0) is 31.2 Å². The van der Waals surface area contributed by atoms with Crippen molar-refractivity contribution in [3.63, 3.8) is 0 Å². The molecule has 1 aliphatic heterocycles. The van der Waals surface area contributed by atoms with Crippen LogP contribution in [0.15, 0.2) is 42.7 Å². The number of anilines is 3. The second-order valence-corrected chi connectivity index (χ2v) is 8.98. The lowest BCUT2D eigenvalue weighted by atomic mass is 10.2. The highest BCUT2D eigenvalue weighted by molar-refractivity contribution is 6.01. The number of alkyl halides is 1. The number of aryl methyl sites for hydroxylation is 1. The van der Waals surface area contributed by atoms with Gasteiger partial charge in [-0.2, -0.15) is 0 Å². The number of nitrogens with one attached hydrogen (secondary N) is 3. The molecule has 43 heavy (non-hydrogen) atoms. The molecule has 1 aliphatic rings. The number of hydrogen-bond donors (Lipinski definition) is 3. The van der Waals surface area contributed by atoms with Gasteiger partial charge in [0.25, 0.3) is 5.91 Å².